The SMILES string of the molecule is Nc1cc(F)ccc1-n1ccc(C(F)(F)F)n1. The summed E-state index contributed by atoms with van der Waals surface area (Å²) < 4.78 is 50.7. The van der Waals surface area contributed by atoms with Crippen molar-refractivity contribution in [3.8, 4) is 5.69 Å². The number of anilines is 1. The van der Waals surface area contributed by atoms with Gasteiger partial charge in [0.1, 0.15) is 5.82 Å². The average Bonchev–Trinajstić information content (AvgIpc) is 2.65. The van der Waals surface area contributed by atoms with Crippen LogP contribution in [0.15, 0.2) is 30.5 Å². The van der Waals surface area contributed by atoms with Crippen LogP contribution in [-0.2, 0) is 6.18 Å². The van der Waals surface area contributed by atoms with Crippen molar-refractivity contribution < 1.29 is 17.6 Å². The summed E-state index contributed by atoms with van der Waals surface area (Å²) in [5.41, 5.74) is 4.67. The predicted octanol–water partition coefficient (Wildman–Crippen LogP) is 2.61. The van der Waals surface area contributed by atoms with Crippen LogP contribution in [0.2, 0.25) is 0 Å². The summed E-state index contributed by atoms with van der Waals surface area (Å²) in [6, 6.07) is 4.20. The quantitative estimate of drug-likeness (QED) is 0.620. The fourth-order valence-electron chi connectivity index (χ4n) is 1.34. The third-order valence-corrected chi connectivity index (χ3v) is 2.12. The zero-order valence-corrected chi connectivity index (χ0v) is 8.37. The highest BCUT2D eigenvalue weighted by atomic mass is 19.4. The Morgan fingerprint density at radius 2 is 1.88 bits per heavy atom. The van der Waals surface area contributed by atoms with E-state index in [1.165, 1.54) is 6.07 Å². The molecular weight excluding hydrogens is 238 g/mol. The number of aromatic nitrogens is 2. The van der Waals surface area contributed by atoms with Crippen molar-refractivity contribution in [2.75, 3.05) is 5.73 Å². The second-order valence-electron chi connectivity index (χ2n) is 3.35. The fourth-order valence-corrected chi connectivity index (χ4v) is 1.34. The molecule has 0 radical (unpaired) electrons. The van der Waals surface area contributed by atoms with E-state index in [0.717, 1.165) is 29.1 Å². The van der Waals surface area contributed by atoms with Gasteiger partial charge in [-0.05, 0) is 24.3 Å². The summed E-state index contributed by atoms with van der Waals surface area (Å²) in [7, 11) is 0. The Bertz CT molecular complexity index is 545. The lowest BCUT2D eigenvalue weighted by Crippen LogP contribution is -2.08. The molecule has 1 aromatic carbocycles. The first kappa shape index (κ1) is 11.4. The number of nitrogen functional groups attached to an aromatic ring is 1. The van der Waals surface area contributed by atoms with Crippen LogP contribution >= 0.6 is 0 Å². The molecule has 0 amide bonds. The first-order valence-electron chi connectivity index (χ1n) is 4.56. The zero-order chi connectivity index (χ0) is 12.6. The van der Waals surface area contributed by atoms with Crippen LogP contribution in [0, 0.1) is 5.82 Å². The maximum atomic E-state index is 12.8. The summed E-state index contributed by atoms with van der Waals surface area (Å²) in [5, 5.41) is 3.33. The second kappa shape index (κ2) is 3.76. The third-order valence-electron chi connectivity index (χ3n) is 2.12. The number of nitrogens with two attached hydrogens (primary N) is 1. The predicted molar refractivity (Wildman–Crippen MR) is 52.9 cm³/mol. The molecule has 0 bridgehead atoms. The van der Waals surface area contributed by atoms with Crippen LogP contribution in [0.25, 0.3) is 5.69 Å². The smallest absolute Gasteiger partial charge is 0.397 e. The second-order valence-corrected chi connectivity index (χ2v) is 3.35. The summed E-state index contributed by atoms with van der Waals surface area (Å²) >= 11 is 0. The van der Waals surface area contributed by atoms with Gasteiger partial charge in [0.05, 0.1) is 11.4 Å². The Balaban J connectivity index is 2.44. The molecule has 0 spiro atoms. The molecule has 7 heteroatoms. The van der Waals surface area contributed by atoms with E-state index in [0.29, 0.717) is 0 Å². The molecule has 2 aromatic rings. The maximum absolute atomic E-state index is 12.8. The lowest BCUT2D eigenvalue weighted by molar-refractivity contribution is -0.141. The normalized spacial score (nSPS) is 11.8. The highest BCUT2D eigenvalue weighted by Crippen LogP contribution is 2.28. The highest BCUT2D eigenvalue weighted by molar-refractivity contribution is 5.57. The number of nitrogens with zero attached hydrogens (tertiary/aromatic N) is 2. The van der Waals surface area contributed by atoms with Crippen molar-refractivity contribution in [1.82, 2.24) is 9.78 Å². The molecule has 0 aliphatic carbocycles. The molecule has 0 saturated heterocycles. The van der Waals surface area contributed by atoms with Gasteiger partial charge in [0.2, 0.25) is 0 Å². The summed E-state index contributed by atoms with van der Waals surface area (Å²) in [6.45, 7) is 0. The van der Waals surface area contributed by atoms with Crippen molar-refractivity contribution >= 4 is 5.69 Å². The first-order valence-corrected chi connectivity index (χ1v) is 4.56. The Morgan fingerprint density at radius 3 is 2.41 bits per heavy atom. The molecule has 2 rings (SSSR count). The molecule has 17 heavy (non-hydrogen) atoms. The van der Waals surface area contributed by atoms with Crippen LogP contribution in [0.1, 0.15) is 5.69 Å². The molecule has 3 nitrogen and oxygen atoms in total. The van der Waals surface area contributed by atoms with Crippen LogP contribution in [0.3, 0.4) is 0 Å². The number of hydrogen-bond donors (Lipinski definition) is 1. The van der Waals surface area contributed by atoms with Crippen molar-refractivity contribution in [3.63, 3.8) is 0 Å². The first-order chi connectivity index (χ1) is 7.88. The van der Waals surface area contributed by atoms with E-state index in [1.54, 1.807) is 0 Å². The van der Waals surface area contributed by atoms with Gasteiger partial charge in [0.25, 0.3) is 0 Å². The van der Waals surface area contributed by atoms with Crippen molar-refractivity contribution in [2.45, 2.75) is 6.18 Å². The lowest BCUT2D eigenvalue weighted by Gasteiger charge is -2.06. The van der Waals surface area contributed by atoms with Gasteiger partial charge in [0.15, 0.2) is 5.69 Å². The van der Waals surface area contributed by atoms with E-state index in [4.69, 9.17) is 5.73 Å². The molecule has 2 N–H and O–H groups in total. The number of hydrogen-bond acceptors (Lipinski definition) is 2. The van der Waals surface area contributed by atoms with Crippen molar-refractivity contribution in [1.29, 1.82) is 0 Å². The van der Waals surface area contributed by atoms with E-state index in [-0.39, 0.29) is 11.4 Å². The van der Waals surface area contributed by atoms with E-state index < -0.39 is 17.7 Å². The molecular formula is C10H7F4N3. The Labute approximate surface area is 93.5 Å². The molecule has 0 fully saturated rings. The van der Waals surface area contributed by atoms with Crippen molar-refractivity contribution in [2.24, 2.45) is 0 Å². The average molecular weight is 245 g/mol. The van der Waals surface area contributed by atoms with Gasteiger partial charge in [-0.2, -0.15) is 18.3 Å². The highest BCUT2D eigenvalue weighted by Gasteiger charge is 2.33. The number of benzene rings is 1. The topological polar surface area (TPSA) is 43.8 Å². The molecule has 0 atom stereocenters. The van der Waals surface area contributed by atoms with Gasteiger partial charge in [-0.1, -0.05) is 0 Å². The lowest BCUT2D eigenvalue weighted by atomic mass is 10.2. The number of alkyl halides is 3. The van der Waals surface area contributed by atoms with Crippen LogP contribution in [0.4, 0.5) is 23.2 Å². The maximum Gasteiger partial charge on any atom is 0.435 e. The fraction of sp³-hybridized carbons (Fsp3) is 0.100. The van der Waals surface area contributed by atoms with Gasteiger partial charge in [-0.3, -0.25) is 0 Å². The molecule has 90 valence electrons. The van der Waals surface area contributed by atoms with Crippen LogP contribution < -0.4 is 5.73 Å². The third kappa shape index (κ3) is 2.22. The van der Waals surface area contributed by atoms with Gasteiger partial charge >= 0.3 is 6.18 Å². The summed E-state index contributed by atoms with van der Waals surface area (Å²) in [4.78, 5) is 0. The number of halogens is 4. The minimum atomic E-state index is -4.51. The molecule has 0 aliphatic rings. The van der Waals surface area contributed by atoms with Gasteiger partial charge in [-0.15, -0.1) is 0 Å². The molecule has 0 aliphatic heterocycles. The Kier molecular flexibility index (Phi) is 2.53. The molecule has 0 unspecified atom stereocenters. The monoisotopic (exact) mass is 245 g/mol. The molecule has 1 aromatic heterocycles. The minimum absolute atomic E-state index is 0.0156. The van der Waals surface area contributed by atoms with Gasteiger partial charge in [0, 0.05) is 6.20 Å². The molecule has 1 heterocycles. The number of rotatable bonds is 1. The zero-order valence-electron chi connectivity index (χ0n) is 8.37. The van der Waals surface area contributed by atoms with E-state index in [1.807, 2.05) is 0 Å². The van der Waals surface area contributed by atoms with E-state index in [2.05, 4.69) is 5.10 Å². The van der Waals surface area contributed by atoms with Gasteiger partial charge in [-0.25, -0.2) is 9.07 Å². The van der Waals surface area contributed by atoms with Gasteiger partial charge < -0.3 is 5.73 Å². The minimum Gasteiger partial charge on any atom is -0.397 e. The standard InChI is InChI=1S/C10H7F4N3/c11-6-1-2-8(7(15)5-6)17-4-3-9(16-17)10(12,13)14/h1-5H,15H2. The van der Waals surface area contributed by atoms with E-state index >= 15 is 0 Å². The van der Waals surface area contributed by atoms with Crippen molar-refractivity contribution in [3.05, 3.63) is 42.0 Å². The molecule has 0 saturated carbocycles. The van der Waals surface area contributed by atoms with Crippen LogP contribution in [-0.4, -0.2) is 9.78 Å². The largest absolute Gasteiger partial charge is 0.435 e. The summed E-state index contributed by atoms with van der Waals surface area (Å²) in [6.07, 6.45) is -3.40. The summed E-state index contributed by atoms with van der Waals surface area (Å²) in [5.74, 6) is -0.561. The Morgan fingerprint density at radius 1 is 1.18 bits per heavy atom. The Hall–Kier alpha value is -2.05. The van der Waals surface area contributed by atoms with Crippen LogP contribution in [0.5, 0.6) is 0 Å². The van der Waals surface area contributed by atoms with E-state index in [9.17, 15) is 17.6 Å².